The van der Waals surface area contributed by atoms with Crippen LogP contribution in [0.3, 0.4) is 0 Å². The van der Waals surface area contributed by atoms with Crippen LogP contribution < -0.4 is 26.2 Å². The molecule has 14 heteroatoms. The first-order valence-electron chi connectivity index (χ1n) is 11.7. The Labute approximate surface area is 206 Å². The quantitative estimate of drug-likeness (QED) is 0.368. The number of rotatable bonds is 4. The van der Waals surface area contributed by atoms with Gasteiger partial charge in [-0.3, -0.25) is 9.98 Å². The minimum atomic E-state index is -4.50. The monoisotopic (exact) mass is 513 g/mol. The van der Waals surface area contributed by atoms with Crippen molar-refractivity contribution in [2.24, 2.45) is 4.99 Å². The van der Waals surface area contributed by atoms with Gasteiger partial charge in [0.15, 0.2) is 11.1 Å². The molecule has 0 bridgehead atoms. The van der Waals surface area contributed by atoms with Crippen LogP contribution in [0.5, 0.6) is 5.88 Å². The SMILES string of the molecule is O=c1[nH]c(O)c(C=c2cnn3c(=NC4CC4)cc(N4CCN(c5cccc(C(F)(F)F)n5)CC4)nc23)[nH]1. The highest BCUT2D eigenvalue weighted by molar-refractivity contribution is 5.58. The van der Waals surface area contributed by atoms with E-state index in [9.17, 15) is 23.1 Å². The van der Waals surface area contributed by atoms with E-state index in [4.69, 9.17) is 9.98 Å². The fourth-order valence-corrected chi connectivity index (χ4v) is 4.27. The number of fused-ring (bicyclic) bond motifs is 1. The summed E-state index contributed by atoms with van der Waals surface area (Å²) in [6.45, 7) is 1.96. The van der Waals surface area contributed by atoms with Crippen LogP contribution in [0.4, 0.5) is 24.8 Å². The van der Waals surface area contributed by atoms with Gasteiger partial charge in [0.2, 0.25) is 5.88 Å². The zero-order valence-electron chi connectivity index (χ0n) is 19.4. The van der Waals surface area contributed by atoms with Gasteiger partial charge >= 0.3 is 11.9 Å². The maximum Gasteiger partial charge on any atom is 0.433 e. The van der Waals surface area contributed by atoms with Crippen LogP contribution in [-0.4, -0.2) is 66.9 Å². The van der Waals surface area contributed by atoms with Crippen LogP contribution in [0.25, 0.3) is 11.7 Å². The maximum atomic E-state index is 13.1. The molecular formula is C23H22F3N9O2. The van der Waals surface area contributed by atoms with Crippen molar-refractivity contribution in [3.63, 3.8) is 0 Å². The third kappa shape index (κ3) is 4.61. The molecule has 4 aromatic rings. The van der Waals surface area contributed by atoms with Gasteiger partial charge in [0.25, 0.3) is 0 Å². The third-order valence-corrected chi connectivity index (χ3v) is 6.32. The summed E-state index contributed by atoms with van der Waals surface area (Å²) in [6.07, 6.45) is 0.661. The first-order valence-corrected chi connectivity index (χ1v) is 11.7. The molecule has 1 aliphatic carbocycles. The largest absolute Gasteiger partial charge is 0.493 e. The van der Waals surface area contributed by atoms with E-state index in [0.717, 1.165) is 18.9 Å². The Morgan fingerprint density at radius 1 is 1.05 bits per heavy atom. The summed E-state index contributed by atoms with van der Waals surface area (Å²) in [5.41, 5.74) is -0.108. The van der Waals surface area contributed by atoms with Gasteiger partial charge in [0.05, 0.1) is 12.2 Å². The standard InChI is InChI=1S/C23H22F3N9O2/c24-23(25,26)16-2-1-3-17(30-16)33-6-8-34(9-7-33)18-11-19(28-14-4-5-14)35-20(31-18)13(12-27-35)10-15-21(36)32-22(37)29-15/h1-3,10-12,14,36H,4-9H2,(H2,29,32,37). The Morgan fingerprint density at radius 3 is 2.43 bits per heavy atom. The lowest BCUT2D eigenvalue weighted by atomic mass is 10.2. The van der Waals surface area contributed by atoms with E-state index in [1.165, 1.54) is 6.07 Å². The number of piperazine rings is 1. The Bertz CT molecular complexity index is 1640. The summed E-state index contributed by atoms with van der Waals surface area (Å²) in [5, 5.41) is 15.0. The number of alkyl halides is 3. The maximum absolute atomic E-state index is 13.1. The number of pyridine rings is 1. The molecule has 0 radical (unpaired) electrons. The van der Waals surface area contributed by atoms with E-state index in [2.05, 4.69) is 20.1 Å². The van der Waals surface area contributed by atoms with Crippen LogP contribution in [-0.2, 0) is 6.18 Å². The Hall–Kier alpha value is -4.36. The minimum Gasteiger partial charge on any atom is -0.493 e. The van der Waals surface area contributed by atoms with Crippen LogP contribution in [0.2, 0.25) is 0 Å². The zero-order chi connectivity index (χ0) is 25.7. The van der Waals surface area contributed by atoms with Crippen LogP contribution in [0.15, 0.2) is 40.2 Å². The van der Waals surface area contributed by atoms with Crippen LogP contribution >= 0.6 is 0 Å². The molecule has 192 valence electrons. The molecule has 0 amide bonds. The number of imidazole rings is 1. The molecule has 2 aliphatic rings. The number of hydrogen-bond acceptors (Lipinski definition) is 8. The lowest BCUT2D eigenvalue weighted by Gasteiger charge is -2.36. The molecule has 0 unspecified atom stereocenters. The molecule has 1 aliphatic heterocycles. The second-order valence-corrected chi connectivity index (χ2v) is 9.01. The molecule has 37 heavy (non-hydrogen) atoms. The van der Waals surface area contributed by atoms with Crippen molar-refractivity contribution >= 4 is 23.4 Å². The Kier molecular flexibility index (Phi) is 5.38. The molecule has 3 N–H and O–H groups in total. The Morgan fingerprint density at radius 2 is 1.78 bits per heavy atom. The molecular weight excluding hydrogens is 491 g/mol. The molecule has 0 aromatic carbocycles. The zero-order valence-corrected chi connectivity index (χ0v) is 19.4. The van der Waals surface area contributed by atoms with Crippen molar-refractivity contribution in [1.29, 1.82) is 0 Å². The van der Waals surface area contributed by atoms with E-state index in [0.29, 0.717) is 48.4 Å². The number of hydrogen-bond donors (Lipinski definition) is 3. The van der Waals surface area contributed by atoms with Gasteiger partial charge in [-0.25, -0.2) is 14.8 Å². The molecule has 2 fully saturated rings. The first kappa shape index (κ1) is 23.1. The van der Waals surface area contributed by atoms with Crippen molar-refractivity contribution in [3.05, 3.63) is 63.0 Å². The summed E-state index contributed by atoms with van der Waals surface area (Å²) in [6, 6.07) is 6.00. The summed E-state index contributed by atoms with van der Waals surface area (Å²) >= 11 is 0. The van der Waals surface area contributed by atoms with Gasteiger partial charge < -0.3 is 19.9 Å². The number of aromatic nitrogens is 6. The highest BCUT2D eigenvalue weighted by Crippen LogP contribution is 2.29. The summed E-state index contributed by atoms with van der Waals surface area (Å²) in [4.78, 5) is 33.6. The number of anilines is 2. The molecule has 6 rings (SSSR count). The smallest absolute Gasteiger partial charge is 0.433 e. The van der Waals surface area contributed by atoms with Crippen molar-refractivity contribution in [1.82, 2.24) is 29.5 Å². The predicted octanol–water partition coefficient (Wildman–Crippen LogP) is 0.802. The minimum absolute atomic E-state index is 0.204. The van der Waals surface area contributed by atoms with E-state index >= 15 is 0 Å². The molecule has 4 aromatic heterocycles. The van der Waals surface area contributed by atoms with Crippen molar-refractivity contribution in [2.45, 2.75) is 25.1 Å². The van der Waals surface area contributed by atoms with Gasteiger partial charge in [-0.15, -0.1) is 0 Å². The van der Waals surface area contributed by atoms with Gasteiger partial charge in [0.1, 0.15) is 23.0 Å². The molecule has 1 saturated heterocycles. The van der Waals surface area contributed by atoms with Gasteiger partial charge in [-0.2, -0.15) is 22.8 Å². The summed E-state index contributed by atoms with van der Waals surface area (Å²) in [5.74, 6) is 0.656. The lowest BCUT2D eigenvalue weighted by molar-refractivity contribution is -0.141. The normalized spacial score (nSPS) is 17.8. The van der Waals surface area contributed by atoms with Crippen molar-refractivity contribution in [3.8, 4) is 5.88 Å². The fraction of sp³-hybridized carbons (Fsp3) is 0.348. The topological polar surface area (TPSA) is 131 Å². The van der Waals surface area contributed by atoms with Crippen LogP contribution in [0, 0.1) is 0 Å². The average Bonchev–Trinajstić information content (AvgIpc) is 3.51. The first-order chi connectivity index (χ1) is 17.7. The average molecular weight is 513 g/mol. The molecule has 5 heterocycles. The summed E-state index contributed by atoms with van der Waals surface area (Å²) in [7, 11) is 0. The molecule has 0 atom stereocenters. The van der Waals surface area contributed by atoms with Gasteiger partial charge in [0, 0.05) is 37.5 Å². The summed E-state index contributed by atoms with van der Waals surface area (Å²) < 4.78 is 40.9. The van der Waals surface area contributed by atoms with E-state index in [-0.39, 0.29) is 23.4 Å². The number of aromatic hydroxyl groups is 1. The van der Waals surface area contributed by atoms with E-state index in [1.54, 1.807) is 22.9 Å². The Balaban J connectivity index is 1.33. The number of halogens is 3. The number of aromatic amines is 2. The second kappa shape index (κ2) is 8.64. The highest BCUT2D eigenvalue weighted by Gasteiger charge is 2.33. The number of nitrogens with zero attached hydrogens (tertiary/aromatic N) is 7. The fourth-order valence-electron chi connectivity index (χ4n) is 4.27. The van der Waals surface area contributed by atoms with E-state index in [1.807, 2.05) is 15.9 Å². The highest BCUT2D eigenvalue weighted by atomic mass is 19.4. The van der Waals surface area contributed by atoms with Gasteiger partial charge in [-0.05, 0) is 31.1 Å². The van der Waals surface area contributed by atoms with E-state index < -0.39 is 17.6 Å². The van der Waals surface area contributed by atoms with Crippen molar-refractivity contribution in [2.75, 3.05) is 36.0 Å². The van der Waals surface area contributed by atoms with Gasteiger partial charge in [-0.1, -0.05) is 6.07 Å². The van der Waals surface area contributed by atoms with Crippen LogP contribution in [0.1, 0.15) is 24.2 Å². The second-order valence-electron chi connectivity index (χ2n) is 9.01. The van der Waals surface area contributed by atoms with Crippen molar-refractivity contribution < 1.29 is 18.3 Å². The lowest BCUT2D eigenvalue weighted by Crippen LogP contribution is -2.47. The predicted molar refractivity (Wildman–Crippen MR) is 127 cm³/mol. The third-order valence-electron chi connectivity index (χ3n) is 6.32. The molecule has 11 nitrogen and oxygen atoms in total. The number of H-pyrrole nitrogens is 2. The molecule has 0 spiro atoms. The number of nitrogens with one attached hydrogen (secondary N) is 2. The molecule has 1 saturated carbocycles.